The maximum Gasteiger partial charge on any atom is 0.272 e. The van der Waals surface area contributed by atoms with Crippen molar-refractivity contribution in [3.8, 4) is 11.1 Å². The fraction of sp³-hybridized carbons (Fsp3) is 0.250. The maximum absolute atomic E-state index is 12.1. The number of nitrogens with one attached hydrogen (secondary N) is 1. The molecule has 0 aliphatic rings. The second kappa shape index (κ2) is 7.08. The van der Waals surface area contributed by atoms with E-state index >= 15 is 0 Å². The zero-order valence-corrected chi connectivity index (χ0v) is 14.1. The van der Waals surface area contributed by atoms with E-state index in [-0.39, 0.29) is 17.1 Å². The van der Waals surface area contributed by atoms with Gasteiger partial charge in [-0.3, -0.25) is 10.1 Å². The van der Waals surface area contributed by atoms with Crippen LogP contribution in [0.5, 0.6) is 0 Å². The van der Waals surface area contributed by atoms with Crippen LogP contribution in [0.25, 0.3) is 11.1 Å². The number of aliphatic hydroxyl groups excluding tert-OH is 1. The summed E-state index contributed by atoms with van der Waals surface area (Å²) in [6.07, 6.45) is -0.785. The molecule has 0 amide bonds. The molecule has 8 heteroatoms. The van der Waals surface area contributed by atoms with Crippen LogP contribution in [0.15, 0.2) is 47.4 Å². The molecule has 0 bridgehead atoms. The van der Waals surface area contributed by atoms with Gasteiger partial charge in [-0.1, -0.05) is 24.3 Å². The third kappa shape index (κ3) is 4.16. The van der Waals surface area contributed by atoms with Crippen LogP contribution in [0.2, 0.25) is 0 Å². The summed E-state index contributed by atoms with van der Waals surface area (Å²) >= 11 is 0. The lowest BCUT2D eigenvalue weighted by Gasteiger charge is -2.09. The summed E-state index contributed by atoms with van der Waals surface area (Å²) in [4.78, 5) is 10.6. The molecule has 1 unspecified atom stereocenters. The number of aryl methyl sites for hydroxylation is 1. The van der Waals surface area contributed by atoms with Gasteiger partial charge >= 0.3 is 0 Å². The summed E-state index contributed by atoms with van der Waals surface area (Å²) in [6, 6.07) is 10.9. The first-order chi connectivity index (χ1) is 11.2. The Balaban J connectivity index is 2.30. The molecule has 2 rings (SSSR count). The van der Waals surface area contributed by atoms with Crippen molar-refractivity contribution in [1.82, 2.24) is 4.72 Å². The Kier molecular flexibility index (Phi) is 5.33. The summed E-state index contributed by atoms with van der Waals surface area (Å²) in [5.74, 6) is 0. The van der Waals surface area contributed by atoms with E-state index in [9.17, 15) is 18.5 Å². The first-order valence-electron chi connectivity index (χ1n) is 7.24. The molecule has 128 valence electrons. The second-order valence-corrected chi connectivity index (χ2v) is 7.25. The monoisotopic (exact) mass is 350 g/mol. The van der Waals surface area contributed by atoms with Gasteiger partial charge in [-0.05, 0) is 37.1 Å². The number of hydrogen-bond donors (Lipinski definition) is 2. The van der Waals surface area contributed by atoms with Crippen LogP contribution >= 0.6 is 0 Å². The molecule has 0 fully saturated rings. The average molecular weight is 350 g/mol. The SMILES string of the molecule is Cc1ccc(-c2ccc(S(=O)(=O)NCC(C)O)cc2)cc1[N+](=O)[O-]. The summed E-state index contributed by atoms with van der Waals surface area (Å²) in [6.45, 7) is 3.07. The Bertz CT molecular complexity index is 845. The van der Waals surface area contributed by atoms with E-state index < -0.39 is 21.1 Å². The third-order valence-electron chi connectivity index (χ3n) is 3.47. The molecular weight excluding hydrogens is 332 g/mol. The smallest absolute Gasteiger partial charge is 0.272 e. The zero-order chi connectivity index (χ0) is 17.9. The van der Waals surface area contributed by atoms with Crippen molar-refractivity contribution in [3.05, 3.63) is 58.1 Å². The van der Waals surface area contributed by atoms with E-state index in [1.165, 1.54) is 25.1 Å². The number of benzene rings is 2. The lowest BCUT2D eigenvalue weighted by atomic mass is 10.0. The van der Waals surface area contributed by atoms with Crippen molar-refractivity contribution in [2.24, 2.45) is 0 Å². The van der Waals surface area contributed by atoms with Crippen LogP contribution in [0, 0.1) is 17.0 Å². The molecular formula is C16H18N2O5S. The lowest BCUT2D eigenvalue weighted by molar-refractivity contribution is -0.385. The van der Waals surface area contributed by atoms with E-state index in [2.05, 4.69) is 4.72 Å². The minimum absolute atomic E-state index is 0.0165. The molecule has 0 heterocycles. The van der Waals surface area contributed by atoms with Gasteiger partial charge in [-0.15, -0.1) is 0 Å². The van der Waals surface area contributed by atoms with E-state index in [1.54, 1.807) is 31.2 Å². The highest BCUT2D eigenvalue weighted by Crippen LogP contribution is 2.27. The topological polar surface area (TPSA) is 110 Å². The van der Waals surface area contributed by atoms with Crippen molar-refractivity contribution in [2.45, 2.75) is 24.8 Å². The van der Waals surface area contributed by atoms with Gasteiger partial charge in [-0.25, -0.2) is 13.1 Å². The summed E-state index contributed by atoms with van der Waals surface area (Å²) in [5.41, 5.74) is 1.88. The van der Waals surface area contributed by atoms with Gasteiger partial charge in [0.1, 0.15) is 0 Å². The Hall–Kier alpha value is -2.29. The van der Waals surface area contributed by atoms with Crippen LogP contribution < -0.4 is 4.72 Å². The van der Waals surface area contributed by atoms with Crippen molar-refractivity contribution < 1.29 is 18.4 Å². The largest absolute Gasteiger partial charge is 0.392 e. The first-order valence-corrected chi connectivity index (χ1v) is 8.72. The Morgan fingerprint density at radius 1 is 1.17 bits per heavy atom. The third-order valence-corrected chi connectivity index (χ3v) is 4.91. The van der Waals surface area contributed by atoms with Crippen molar-refractivity contribution in [2.75, 3.05) is 6.54 Å². The Labute approximate surface area is 140 Å². The quantitative estimate of drug-likeness (QED) is 0.613. The number of nitro benzene ring substituents is 1. The number of nitro groups is 1. The minimum Gasteiger partial charge on any atom is -0.392 e. The molecule has 7 nitrogen and oxygen atoms in total. The molecule has 24 heavy (non-hydrogen) atoms. The minimum atomic E-state index is -3.70. The molecule has 0 aromatic heterocycles. The van der Waals surface area contributed by atoms with E-state index in [1.807, 2.05) is 0 Å². The van der Waals surface area contributed by atoms with Gasteiger partial charge in [0.15, 0.2) is 0 Å². The highest BCUT2D eigenvalue weighted by Gasteiger charge is 2.16. The normalized spacial score (nSPS) is 12.8. The Morgan fingerprint density at radius 3 is 2.29 bits per heavy atom. The molecule has 0 radical (unpaired) electrons. The molecule has 0 spiro atoms. The first kappa shape index (κ1) is 18.1. The lowest BCUT2D eigenvalue weighted by Crippen LogP contribution is -2.30. The molecule has 0 aliphatic carbocycles. The summed E-state index contributed by atoms with van der Waals surface area (Å²) in [5, 5.41) is 20.2. The van der Waals surface area contributed by atoms with Crippen molar-refractivity contribution in [1.29, 1.82) is 0 Å². The number of nitrogens with zero attached hydrogens (tertiary/aromatic N) is 1. The van der Waals surface area contributed by atoms with Crippen LogP contribution in [-0.4, -0.2) is 31.1 Å². The van der Waals surface area contributed by atoms with Gasteiger partial charge in [-0.2, -0.15) is 0 Å². The van der Waals surface area contributed by atoms with Gasteiger partial charge in [0.05, 0.1) is 15.9 Å². The Morgan fingerprint density at radius 2 is 1.75 bits per heavy atom. The molecule has 1 atom stereocenters. The summed E-state index contributed by atoms with van der Waals surface area (Å²) in [7, 11) is -3.70. The predicted octanol–water partition coefficient (Wildman–Crippen LogP) is 2.23. The second-order valence-electron chi connectivity index (χ2n) is 5.48. The van der Waals surface area contributed by atoms with E-state index in [0.717, 1.165) is 0 Å². The van der Waals surface area contributed by atoms with Crippen LogP contribution in [0.1, 0.15) is 12.5 Å². The van der Waals surface area contributed by atoms with Crippen molar-refractivity contribution >= 4 is 15.7 Å². The van der Waals surface area contributed by atoms with Crippen LogP contribution in [0.3, 0.4) is 0 Å². The number of hydrogen-bond acceptors (Lipinski definition) is 5. The fourth-order valence-corrected chi connectivity index (χ4v) is 3.25. The fourth-order valence-electron chi connectivity index (χ4n) is 2.13. The van der Waals surface area contributed by atoms with Gasteiger partial charge in [0.25, 0.3) is 5.69 Å². The van der Waals surface area contributed by atoms with Gasteiger partial charge in [0, 0.05) is 18.2 Å². The van der Waals surface area contributed by atoms with E-state index in [4.69, 9.17) is 5.11 Å². The highest BCUT2D eigenvalue weighted by atomic mass is 32.2. The summed E-state index contributed by atoms with van der Waals surface area (Å²) < 4.78 is 26.4. The highest BCUT2D eigenvalue weighted by molar-refractivity contribution is 7.89. The van der Waals surface area contributed by atoms with Gasteiger partial charge in [0.2, 0.25) is 10.0 Å². The molecule has 2 aromatic carbocycles. The van der Waals surface area contributed by atoms with Gasteiger partial charge < -0.3 is 5.11 Å². The molecule has 0 aliphatic heterocycles. The predicted molar refractivity (Wildman–Crippen MR) is 90.1 cm³/mol. The number of rotatable bonds is 6. The molecule has 0 saturated heterocycles. The number of aliphatic hydroxyl groups is 1. The van der Waals surface area contributed by atoms with Crippen molar-refractivity contribution in [3.63, 3.8) is 0 Å². The zero-order valence-electron chi connectivity index (χ0n) is 13.3. The average Bonchev–Trinajstić information content (AvgIpc) is 2.53. The number of sulfonamides is 1. The standard InChI is InChI=1S/C16H18N2O5S/c1-11-3-4-14(9-16(11)18(20)21)13-5-7-15(8-6-13)24(22,23)17-10-12(2)19/h3-9,12,17,19H,10H2,1-2H3. The molecule has 0 saturated carbocycles. The van der Waals surface area contributed by atoms with Crippen LogP contribution in [0.4, 0.5) is 5.69 Å². The van der Waals surface area contributed by atoms with E-state index in [0.29, 0.717) is 16.7 Å². The molecule has 2 N–H and O–H groups in total. The molecule has 2 aromatic rings. The van der Waals surface area contributed by atoms with Crippen LogP contribution in [-0.2, 0) is 10.0 Å². The maximum atomic E-state index is 12.1.